The Kier molecular flexibility index (Phi) is 2.66. The molecule has 0 aliphatic heterocycles. The lowest BCUT2D eigenvalue weighted by Gasteiger charge is -2.04. The number of hydrogen-bond donors (Lipinski definition) is 3. The highest BCUT2D eigenvalue weighted by molar-refractivity contribution is 5.80. The van der Waals surface area contributed by atoms with E-state index in [0.29, 0.717) is 17.7 Å². The van der Waals surface area contributed by atoms with Crippen molar-refractivity contribution >= 4 is 17.5 Å². The largest absolute Gasteiger partial charge is 0.396 e. The lowest BCUT2D eigenvalue weighted by Crippen LogP contribution is -2.31. The Morgan fingerprint density at radius 1 is 1.47 bits per heavy atom. The van der Waals surface area contributed by atoms with Gasteiger partial charge >= 0.3 is 0 Å². The topological polar surface area (TPSA) is 92.9 Å². The first-order valence-electron chi connectivity index (χ1n) is 4.85. The van der Waals surface area contributed by atoms with E-state index in [1.165, 1.54) is 12.4 Å². The second-order valence-corrected chi connectivity index (χ2v) is 3.54. The molecule has 1 aliphatic rings. The van der Waals surface area contributed by atoms with Crippen LogP contribution >= 0.6 is 0 Å². The van der Waals surface area contributed by atoms with Crippen LogP contribution in [0.15, 0.2) is 12.4 Å². The lowest BCUT2D eigenvalue weighted by atomic mass is 10.5. The van der Waals surface area contributed by atoms with E-state index in [0.717, 1.165) is 12.8 Å². The van der Waals surface area contributed by atoms with Gasteiger partial charge in [0.05, 0.1) is 24.6 Å². The van der Waals surface area contributed by atoms with E-state index >= 15 is 0 Å². The van der Waals surface area contributed by atoms with Crippen LogP contribution in [0.3, 0.4) is 0 Å². The molecule has 0 atom stereocenters. The second-order valence-electron chi connectivity index (χ2n) is 3.54. The molecule has 0 aromatic carbocycles. The summed E-state index contributed by atoms with van der Waals surface area (Å²) >= 11 is 0. The van der Waals surface area contributed by atoms with Crippen molar-refractivity contribution in [2.45, 2.75) is 18.9 Å². The van der Waals surface area contributed by atoms with Gasteiger partial charge < -0.3 is 16.4 Å². The maximum absolute atomic E-state index is 11.3. The molecule has 0 saturated heterocycles. The summed E-state index contributed by atoms with van der Waals surface area (Å²) in [5, 5.41) is 5.67. The summed E-state index contributed by atoms with van der Waals surface area (Å²) in [7, 11) is 0. The first-order valence-corrected chi connectivity index (χ1v) is 4.85. The molecular formula is C9H13N5O. The molecule has 6 heteroatoms. The van der Waals surface area contributed by atoms with Crippen LogP contribution in [0, 0.1) is 0 Å². The van der Waals surface area contributed by atoms with Gasteiger partial charge in [-0.15, -0.1) is 0 Å². The Morgan fingerprint density at radius 2 is 2.13 bits per heavy atom. The summed E-state index contributed by atoms with van der Waals surface area (Å²) in [6.07, 6.45) is 5.16. The molecule has 1 fully saturated rings. The zero-order valence-corrected chi connectivity index (χ0v) is 8.23. The van der Waals surface area contributed by atoms with E-state index < -0.39 is 0 Å². The standard InChI is InChI=1S/C9H13N5O/c10-6-3-11-9(12-4-6)13-5-8(15)14-7-1-2-7/h3-4,7H,1-2,5,10H2,(H,14,15)(H,11,12,13). The normalized spacial score (nSPS) is 14.7. The fourth-order valence-electron chi connectivity index (χ4n) is 1.10. The monoisotopic (exact) mass is 207 g/mol. The number of nitrogens with one attached hydrogen (secondary N) is 2. The summed E-state index contributed by atoms with van der Waals surface area (Å²) < 4.78 is 0. The molecule has 0 radical (unpaired) electrons. The molecule has 0 spiro atoms. The number of amides is 1. The van der Waals surface area contributed by atoms with Crippen molar-refractivity contribution in [3.63, 3.8) is 0 Å². The molecule has 0 unspecified atom stereocenters. The molecule has 1 aromatic heterocycles. The summed E-state index contributed by atoms with van der Waals surface area (Å²) in [5.41, 5.74) is 5.93. The van der Waals surface area contributed by atoms with Crippen LogP contribution in [-0.4, -0.2) is 28.5 Å². The molecule has 1 amide bonds. The maximum atomic E-state index is 11.3. The van der Waals surface area contributed by atoms with E-state index in [1.54, 1.807) is 0 Å². The first-order chi connectivity index (χ1) is 7.24. The van der Waals surface area contributed by atoms with Gasteiger partial charge in [-0.1, -0.05) is 0 Å². The van der Waals surface area contributed by atoms with Crippen LogP contribution in [0.5, 0.6) is 0 Å². The van der Waals surface area contributed by atoms with Gasteiger partial charge in [0, 0.05) is 6.04 Å². The number of nitrogens with zero attached hydrogens (tertiary/aromatic N) is 2. The zero-order chi connectivity index (χ0) is 10.7. The third-order valence-corrected chi connectivity index (χ3v) is 2.02. The highest BCUT2D eigenvalue weighted by Gasteiger charge is 2.22. The quantitative estimate of drug-likeness (QED) is 0.633. The second kappa shape index (κ2) is 4.12. The smallest absolute Gasteiger partial charge is 0.239 e. The van der Waals surface area contributed by atoms with Crippen molar-refractivity contribution in [2.75, 3.05) is 17.6 Å². The van der Waals surface area contributed by atoms with E-state index in [4.69, 9.17) is 5.73 Å². The van der Waals surface area contributed by atoms with E-state index in [-0.39, 0.29) is 12.5 Å². The Balaban J connectivity index is 1.76. The van der Waals surface area contributed by atoms with E-state index in [9.17, 15) is 4.79 Å². The minimum absolute atomic E-state index is 0.0297. The van der Waals surface area contributed by atoms with Crippen molar-refractivity contribution in [2.24, 2.45) is 0 Å². The minimum atomic E-state index is -0.0297. The maximum Gasteiger partial charge on any atom is 0.239 e. The molecule has 1 heterocycles. The van der Waals surface area contributed by atoms with E-state index in [1.807, 2.05) is 0 Å². The minimum Gasteiger partial charge on any atom is -0.396 e. The Hall–Kier alpha value is -1.85. The summed E-state index contributed by atoms with van der Waals surface area (Å²) in [6, 6.07) is 0.381. The number of carbonyl (C=O) groups is 1. The third-order valence-electron chi connectivity index (χ3n) is 2.02. The Labute approximate surface area is 87.3 Å². The van der Waals surface area contributed by atoms with E-state index in [2.05, 4.69) is 20.6 Å². The Morgan fingerprint density at radius 3 is 2.73 bits per heavy atom. The molecule has 4 N–H and O–H groups in total. The summed E-state index contributed by atoms with van der Waals surface area (Å²) in [5.74, 6) is 0.382. The number of carbonyl (C=O) groups excluding carboxylic acids is 1. The van der Waals surface area contributed by atoms with Crippen LogP contribution in [0.4, 0.5) is 11.6 Å². The van der Waals surface area contributed by atoms with Crippen molar-refractivity contribution in [1.29, 1.82) is 0 Å². The van der Waals surface area contributed by atoms with Crippen molar-refractivity contribution in [3.8, 4) is 0 Å². The van der Waals surface area contributed by atoms with Gasteiger partial charge in [-0.2, -0.15) is 0 Å². The van der Waals surface area contributed by atoms with Crippen LogP contribution in [0.1, 0.15) is 12.8 Å². The molecule has 2 rings (SSSR count). The predicted molar refractivity (Wildman–Crippen MR) is 56.1 cm³/mol. The highest BCUT2D eigenvalue weighted by Crippen LogP contribution is 2.18. The molecule has 0 bridgehead atoms. The summed E-state index contributed by atoms with van der Waals surface area (Å²) in [6.45, 7) is 0.195. The highest BCUT2D eigenvalue weighted by atomic mass is 16.2. The van der Waals surface area contributed by atoms with Gasteiger partial charge in [-0.3, -0.25) is 4.79 Å². The van der Waals surface area contributed by atoms with Crippen LogP contribution in [0.25, 0.3) is 0 Å². The molecule has 1 aliphatic carbocycles. The number of anilines is 2. The summed E-state index contributed by atoms with van der Waals surface area (Å²) in [4.78, 5) is 19.1. The van der Waals surface area contributed by atoms with Crippen LogP contribution in [-0.2, 0) is 4.79 Å². The van der Waals surface area contributed by atoms with Gasteiger partial charge in [0.25, 0.3) is 0 Å². The molecule has 6 nitrogen and oxygen atoms in total. The molecular weight excluding hydrogens is 194 g/mol. The van der Waals surface area contributed by atoms with Gasteiger partial charge in [-0.25, -0.2) is 9.97 Å². The SMILES string of the molecule is Nc1cnc(NCC(=O)NC2CC2)nc1. The van der Waals surface area contributed by atoms with Crippen LogP contribution < -0.4 is 16.4 Å². The fourth-order valence-corrected chi connectivity index (χ4v) is 1.10. The van der Waals surface area contributed by atoms with Crippen molar-refractivity contribution in [3.05, 3.63) is 12.4 Å². The van der Waals surface area contributed by atoms with Crippen molar-refractivity contribution < 1.29 is 4.79 Å². The first kappa shape index (κ1) is 9.70. The average molecular weight is 207 g/mol. The van der Waals surface area contributed by atoms with Gasteiger partial charge in [-0.05, 0) is 12.8 Å². The number of aromatic nitrogens is 2. The lowest BCUT2D eigenvalue weighted by molar-refractivity contribution is -0.119. The Bertz CT molecular complexity index is 346. The van der Waals surface area contributed by atoms with Gasteiger partial charge in [0.2, 0.25) is 11.9 Å². The number of nitrogen functional groups attached to an aromatic ring is 1. The van der Waals surface area contributed by atoms with Crippen LogP contribution in [0.2, 0.25) is 0 Å². The number of hydrogen-bond acceptors (Lipinski definition) is 5. The molecule has 1 saturated carbocycles. The number of nitrogens with two attached hydrogens (primary N) is 1. The predicted octanol–water partition coefficient (Wildman–Crippen LogP) is -0.251. The van der Waals surface area contributed by atoms with Gasteiger partial charge in [0.1, 0.15) is 0 Å². The van der Waals surface area contributed by atoms with Gasteiger partial charge in [0.15, 0.2) is 0 Å². The molecule has 15 heavy (non-hydrogen) atoms. The fraction of sp³-hybridized carbons (Fsp3) is 0.444. The zero-order valence-electron chi connectivity index (χ0n) is 8.23. The molecule has 1 aromatic rings. The van der Waals surface area contributed by atoms with Crippen molar-refractivity contribution in [1.82, 2.24) is 15.3 Å². The average Bonchev–Trinajstić information content (AvgIpc) is 3.01. The number of rotatable bonds is 4. The third kappa shape index (κ3) is 3.08. The molecule has 80 valence electrons.